The van der Waals surface area contributed by atoms with E-state index in [9.17, 15) is 0 Å². The molecule has 2 aromatic carbocycles. The van der Waals surface area contributed by atoms with Crippen molar-refractivity contribution in [2.45, 2.75) is 59.5 Å². The van der Waals surface area contributed by atoms with E-state index in [0.717, 1.165) is 92.9 Å². The van der Waals surface area contributed by atoms with Gasteiger partial charge in [0.1, 0.15) is 40.3 Å². The van der Waals surface area contributed by atoms with E-state index in [-0.39, 0.29) is 12.8 Å². The van der Waals surface area contributed by atoms with Crippen LogP contribution in [0, 0.1) is 0 Å². The summed E-state index contributed by atoms with van der Waals surface area (Å²) >= 11 is 0. The number of fused-ring (bicyclic) bond motifs is 9. The molecule has 4 heterocycles. The molecule has 0 N–H and O–H groups in total. The van der Waals surface area contributed by atoms with Crippen LogP contribution in [0.15, 0.2) is 74.7 Å². The first-order chi connectivity index (χ1) is 19.5. The molecule has 200 valence electrons. The molecule has 4 nitrogen and oxygen atoms in total. The number of rotatable bonds is 5. The van der Waals surface area contributed by atoms with Gasteiger partial charge in [0.25, 0.3) is 6.71 Å². The second-order valence-corrected chi connectivity index (χ2v) is 11.0. The van der Waals surface area contributed by atoms with Crippen molar-refractivity contribution in [3.05, 3.63) is 88.5 Å². The lowest BCUT2D eigenvalue weighted by molar-refractivity contribution is 0.252. The van der Waals surface area contributed by atoms with Crippen LogP contribution in [0.3, 0.4) is 0 Å². The number of hydrogen-bond donors (Lipinski definition) is 0. The lowest BCUT2D eigenvalue weighted by Gasteiger charge is -2.37. The molecule has 0 spiro atoms. The Bertz CT molecular complexity index is 1820. The van der Waals surface area contributed by atoms with Crippen LogP contribution in [0.2, 0.25) is 0 Å². The van der Waals surface area contributed by atoms with Gasteiger partial charge >= 0.3 is 0 Å². The Labute approximate surface area is 235 Å². The fourth-order valence-corrected chi connectivity index (χ4v) is 6.46. The van der Waals surface area contributed by atoms with Crippen LogP contribution in [0.5, 0.6) is 11.5 Å². The zero-order valence-electron chi connectivity index (χ0n) is 23.6. The van der Waals surface area contributed by atoms with E-state index in [2.05, 4.69) is 82.8 Å². The van der Waals surface area contributed by atoms with Crippen molar-refractivity contribution in [1.29, 1.82) is 0 Å². The van der Waals surface area contributed by atoms with E-state index in [0.29, 0.717) is 0 Å². The topological polar surface area (TPSA) is 44.7 Å². The predicted molar refractivity (Wildman–Crippen MR) is 166 cm³/mol. The van der Waals surface area contributed by atoms with Gasteiger partial charge in [0.15, 0.2) is 0 Å². The first-order valence-electron chi connectivity index (χ1n) is 14.4. The molecule has 1 atom stereocenters. The molecular weight excluding hydrogens is 495 g/mol. The lowest BCUT2D eigenvalue weighted by atomic mass is 9.33. The highest BCUT2D eigenvalue weighted by Crippen LogP contribution is 2.40. The summed E-state index contributed by atoms with van der Waals surface area (Å²) in [5.74, 6) is 4.55. The maximum Gasteiger partial charge on any atom is 0.255 e. The van der Waals surface area contributed by atoms with E-state index >= 15 is 0 Å². The molecule has 1 unspecified atom stereocenters. The summed E-state index contributed by atoms with van der Waals surface area (Å²) in [6.07, 6.45) is 16.0. The van der Waals surface area contributed by atoms with Crippen molar-refractivity contribution in [3.63, 3.8) is 0 Å². The molecule has 0 saturated heterocycles. The quantitative estimate of drug-likeness (QED) is 0.245. The number of ether oxygens (including phenoxy) is 2. The van der Waals surface area contributed by atoms with Crippen LogP contribution in [0.4, 0.5) is 0 Å². The summed E-state index contributed by atoms with van der Waals surface area (Å²) < 4.78 is 26.1. The second kappa shape index (κ2) is 9.51. The summed E-state index contributed by atoms with van der Waals surface area (Å²) in [6.45, 7) is 12.6. The van der Waals surface area contributed by atoms with Crippen LogP contribution >= 0.6 is 0 Å². The zero-order valence-corrected chi connectivity index (χ0v) is 23.6. The van der Waals surface area contributed by atoms with Crippen LogP contribution in [0.1, 0.15) is 69.6 Å². The SMILES string of the molecule is C=Cc1c(/C=C\CC)oc2cc3c(cc12)OC(C)C1=C(CCC)Oc2cc4c5c(oc4cc2B13)C=CC(C)=CC5. The van der Waals surface area contributed by atoms with E-state index in [1.807, 2.05) is 12.2 Å². The Kier molecular flexibility index (Phi) is 5.92. The van der Waals surface area contributed by atoms with Crippen molar-refractivity contribution in [3.8, 4) is 11.5 Å². The molecule has 1 aliphatic carbocycles. The van der Waals surface area contributed by atoms with Gasteiger partial charge in [-0.1, -0.05) is 50.3 Å². The largest absolute Gasteiger partial charge is 0.488 e. The minimum absolute atomic E-state index is 0.00708. The van der Waals surface area contributed by atoms with Crippen LogP contribution in [-0.2, 0) is 6.42 Å². The third-order valence-electron chi connectivity index (χ3n) is 8.38. The minimum Gasteiger partial charge on any atom is -0.488 e. The molecule has 7 rings (SSSR count). The maximum absolute atomic E-state index is 6.70. The summed E-state index contributed by atoms with van der Waals surface area (Å²) in [5, 5.41) is 2.14. The van der Waals surface area contributed by atoms with Gasteiger partial charge in [0.05, 0.1) is 5.76 Å². The first kappa shape index (κ1) is 24.9. The molecular formula is C35H33BO4. The van der Waals surface area contributed by atoms with E-state index in [4.69, 9.17) is 18.3 Å². The fourth-order valence-electron chi connectivity index (χ4n) is 6.46. The van der Waals surface area contributed by atoms with Crippen molar-refractivity contribution >= 4 is 57.8 Å². The van der Waals surface area contributed by atoms with Gasteiger partial charge in [0, 0.05) is 28.3 Å². The highest BCUT2D eigenvalue weighted by Gasteiger charge is 2.43. The molecule has 5 heteroatoms. The third-order valence-corrected chi connectivity index (χ3v) is 8.38. The maximum atomic E-state index is 6.70. The molecule has 0 amide bonds. The van der Waals surface area contributed by atoms with Crippen LogP contribution in [-0.4, -0.2) is 12.8 Å². The Morgan fingerprint density at radius 2 is 1.77 bits per heavy atom. The highest BCUT2D eigenvalue weighted by atomic mass is 16.5. The number of allylic oxidation sites excluding steroid dienone is 5. The van der Waals surface area contributed by atoms with E-state index in [1.54, 1.807) is 0 Å². The predicted octanol–water partition coefficient (Wildman–Crippen LogP) is 8.14. The summed E-state index contributed by atoms with van der Waals surface area (Å²) in [7, 11) is 0. The molecule has 0 bridgehead atoms. The lowest BCUT2D eigenvalue weighted by Crippen LogP contribution is -2.55. The number of hydrogen-bond acceptors (Lipinski definition) is 4. The fraction of sp³-hybridized carbons (Fsp3) is 0.257. The van der Waals surface area contributed by atoms with E-state index < -0.39 is 0 Å². The van der Waals surface area contributed by atoms with Crippen molar-refractivity contribution in [2.24, 2.45) is 0 Å². The molecule has 2 aliphatic heterocycles. The van der Waals surface area contributed by atoms with Gasteiger partial charge in [-0.2, -0.15) is 0 Å². The Morgan fingerprint density at radius 1 is 1.00 bits per heavy atom. The third kappa shape index (κ3) is 3.75. The van der Waals surface area contributed by atoms with Gasteiger partial charge < -0.3 is 18.3 Å². The van der Waals surface area contributed by atoms with Gasteiger partial charge in [-0.05, 0) is 85.9 Å². The van der Waals surface area contributed by atoms with Crippen LogP contribution in [0.25, 0.3) is 40.2 Å². The molecule has 4 aromatic rings. The van der Waals surface area contributed by atoms with Crippen molar-refractivity contribution in [2.75, 3.05) is 0 Å². The standard InChI is InChI=1S/C35H33BO4/c1-6-9-11-28-22(8-3)24-16-33-26(18-31(24)38-28)36-27-19-32-25(23-14-12-20(4)13-15-29(23)39-32)17-34(27)40-30(10-7-2)35(36)21(5)37-33/h8-9,11-13,15-19,21H,3,6-7,10,14H2,1-2,4-5H3/b11-9-. The molecule has 0 radical (unpaired) electrons. The first-order valence-corrected chi connectivity index (χ1v) is 14.4. The molecule has 0 saturated carbocycles. The van der Waals surface area contributed by atoms with Crippen molar-refractivity contribution in [1.82, 2.24) is 0 Å². The van der Waals surface area contributed by atoms with E-state index in [1.165, 1.54) is 16.6 Å². The molecule has 0 fully saturated rings. The smallest absolute Gasteiger partial charge is 0.255 e. The van der Waals surface area contributed by atoms with Gasteiger partial charge in [-0.3, -0.25) is 0 Å². The van der Waals surface area contributed by atoms with Gasteiger partial charge in [-0.25, -0.2) is 0 Å². The van der Waals surface area contributed by atoms with Crippen molar-refractivity contribution < 1.29 is 18.3 Å². The monoisotopic (exact) mass is 528 g/mol. The second-order valence-electron chi connectivity index (χ2n) is 11.0. The van der Waals surface area contributed by atoms with Gasteiger partial charge in [-0.15, -0.1) is 0 Å². The van der Waals surface area contributed by atoms with Crippen LogP contribution < -0.4 is 20.4 Å². The summed E-state index contributed by atoms with van der Waals surface area (Å²) in [6, 6.07) is 8.67. The molecule has 40 heavy (non-hydrogen) atoms. The zero-order chi connectivity index (χ0) is 27.5. The Balaban J connectivity index is 1.46. The molecule has 2 aromatic heterocycles. The minimum atomic E-state index is -0.122. The number of benzene rings is 2. The summed E-state index contributed by atoms with van der Waals surface area (Å²) in [5.41, 5.74) is 8.58. The highest BCUT2D eigenvalue weighted by molar-refractivity contribution is 6.93. The average Bonchev–Trinajstić information content (AvgIpc) is 3.40. The molecule has 3 aliphatic rings. The average molecular weight is 528 g/mol. The normalized spacial score (nSPS) is 17.8. The Hall–Kier alpha value is -4.12. The van der Waals surface area contributed by atoms with Gasteiger partial charge in [0.2, 0.25) is 0 Å². The number of furan rings is 2. The summed E-state index contributed by atoms with van der Waals surface area (Å²) in [4.78, 5) is 0. The Morgan fingerprint density at radius 3 is 2.55 bits per heavy atom.